The van der Waals surface area contributed by atoms with Gasteiger partial charge in [-0.05, 0) is 42.7 Å². The second-order valence-corrected chi connectivity index (χ2v) is 8.09. The molecule has 6 nitrogen and oxygen atoms in total. The summed E-state index contributed by atoms with van der Waals surface area (Å²) in [5.74, 6) is 0.00431. The van der Waals surface area contributed by atoms with E-state index < -0.39 is 5.97 Å². The average Bonchev–Trinajstić information content (AvgIpc) is 3.36. The summed E-state index contributed by atoms with van der Waals surface area (Å²) in [6.45, 7) is 3.67. The molecule has 0 saturated carbocycles. The number of ether oxygens (including phenoxy) is 1. The molecule has 0 radical (unpaired) electrons. The molecular weight excluding hydrogens is 428 g/mol. The van der Waals surface area contributed by atoms with Gasteiger partial charge in [-0.3, -0.25) is 4.79 Å². The highest BCUT2D eigenvalue weighted by atomic mass is 16.5. The zero-order valence-corrected chi connectivity index (χ0v) is 19.3. The number of aromatic carboxylic acids is 1. The lowest BCUT2D eigenvalue weighted by atomic mass is 10.0. The maximum Gasteiger partial charge on any atom is 0.338 e. The quantitative estimate of drug-likeness (QED) is 0.361. The molecule has 0 aliphatic carbocycles. The fourth-order valence-corrected chi connectivity index (χ4v) is 4.28. The highest BCUT2D eigenvalue weighted by Crippen LogP contribution is 2.34. The number of carbonyl (C=O) groups excluding carboxylic acids is 1. The van der Waals surface area contributed by atoms with Crippen LogP contribution in [-0.2, 0) is 11.2 Å². The smallest absolute Gasteiger partial charge is 0.338 e. The van der Waals surface area contributed by atoms with Gasteiger partial charge in [-0.2, -0.15) is 0 Å². The normalized spacial score (nSPS) is 11.8. The molecule has 0 saturated heterocycles. The van der Waals surface area contributed by atoms with Gasteiger partial charge in [0.1, 0.15) is 5.75 Å². The summed E-state index contributed by atoms with van der Waals surface area (Å²) in [5.41, 5.74) is 7.71. The minimum atomic E-state index is -0.888. The Hall–Kier alpha value is -4.32. The fraction of sp³-hybridized carbons (Fsp3) is 0.143. The lowest BCUT2D eigenvalue weighted by molar-refractivity contribution is -0.115. The number of anilines is 1. The van der Waals surface area contributed by atoms with E-state index in [9.17, 15) is 14.7 Å². The number of aromatic nitrogens is 1. The predicted octanol–water partition coefficient (Wildman–Crippen LogP) is 5.85. The fourth-order valence-electron chi connectivity index (χ4n) is 4.28. The maximum absolute atomic E-state index is 11.3. The van der Waals surface area contributed by atoms with Crippen LogP contribution < -0.4 is 10.1 Å². The Morgan fingerprint density at radius 1 is 0.912 bits per heavy atom. The van der Waals surface area contributed by atoms with Crippen LogP contribution in [0.15, 0.2) is 72.8 Å². The number of para-hydroxylation sites is 1. The van der Waals surface area contributed by atoms with Crippen LogP contribution in [-0.4, -0.2) is 29.1 Å². The van der Waals surface area contributed by atoms with Crippen molar-refractivity contribution in [2.24, 2.45) is 0 Å². The van der Waals surface area contributed by atoms with E-state index in [0.29, 0.717) is 17.7 Å². The van der Waals surface area contributed by atoms with Gasteiger partial charge >= 0.3 is 5.97 Å². The highest BCUT2D eigenvalue weighted by molar-refractivity contribution is 6.00. The molecule has 0 fully saturated rings. The molecule has 0 atom stereocenters. The van der Waals surface area contributed by atoms with Crippen molar-refractivity contribution in [3.8, 4) is 28.0 Å². The Morgan fingerprint density at radius 2 is 1.62 bits per heavy atom. The number of H-pyrrole nitrogens is 1. The molecule has 0 bridgehead atoms. The van der Waals surface area contributed by atoms with E-state index >= 15 is 0 Å². The first-order valence-corrected chi connectivity index (χ1v) is 10.9. The van der Waals surface area contributed by atoms with Gasteiger partial charge in [0.05, 0.1) is 19.1 Å². The number of amides is 1. The van der Waals surface area contributed by atoms with Gasteiger partial charge in [-0.25, -0.2) is 4.79 Å². The number of benzene rings is 3. The third kappa shape index (κ3) is 4.57. The molecule has 1 aliphatic heterocycles. The predicted molar refractivity (Wildman–Crippen MR) is 133 cm³/mol. The van der Waals surface area contributed by atoms with Gasteiger partial charge in [0.15, 0.2) is 0 Å². The number of carboxylic acids is 1. The SMILES string of the molecule is COc1ccccc1-c1ccc2c(c1)NC(=O)C2.Cc1[nH]c(C)c(-c2ccccc2)c1C(=O)O. The van der Waals surface area contributed by atoms with E-state index in [1.54, 1.807) is 14.0 Å². The number of carbonyl (C=O) groups is 2. The summed E-state index contributed by atoms with van der Waals surface area (Å²) in [7, 11) is 1.66. The van der Waals surface area contributed by atoms with Crippen LogP contribution >= 0.6 is 0 Å². The van der Waals surface area contributed by atoms with Crippen LogP contribution in [0.5, 0.6) is 5.75 Å². The van der Waals surface area contributed by atoms with E-state index in [-0.39, 0.29) is 5.91 Å². The van der Waals surface area contributed by atoms with E-state index in [2.05, 4.69) is 10.3 Å². The number of fused-ring (bicyclic) bond motifs is 1. The number of nitrogens with one attached hydrogen (secondary N) is 2. The van der Waals surface area contributed by atoms with Crippen molar-refractivity contribution in [1.29, 1.82) is 0 Å². The molecule has 1 amide bonds. The lowest BCUT2D eigenvalue weighted by Gasteiger charge is -2.09. The Labute approximate surface area is 198 Å². The standard InChI is InChI=1S/C15H13NO2.C13H13NO2/c1-18-14-5-3-2-4-12(14)10-6-7-11-9-15(17)16-13(11)8-10;1-8-11(10-6-4-3-5-7-10)12(13(15)16)9(2)14-8/h2-8H,9H2,1H3,(H,16,17);3-7,14H,1-2H3,(H,15,16). The summed E-state index contributed by atoms with van der Waals surface area (Å²) in [5, 5.41) is 12.1. The third-order valence-electron chi connectivity index (χ3n) is 5.80. The molecule has 0 unspecified atom stereocenters. The molecule has 3 N–H and O–H groups in total. The second kappa shape index (κ2) is 9.67. The summed E-state index contributed by atoms with van der Waals surface area (Å²) in [6.07, 6.45) is 0.474. The molecule has 2 heterocycles. The molecule has 6 heteroatoms. The van der Waals surface area contributed by atoms with Crippen LogP contribution in [0.2, 0.25) is 0 Å². The zero-order chi connectivity index (χ0) is 24.2. The lowest BCUT2D eigenvalue weighted by Crippen LogP contribution is -2.03. The topological polar surface area (TPSA) is 91.4 Å². The number of aromatic amines is 1. The van der Waals surface area contributed by atoms with Crippen molar-refractivity contribution in [2.75, 3.05) is 12.4 Å². The number of aryl methyl sites for hydroxylation is 2. The van der Waals surface area contributed by atoms with E-state index in [4.69, 9.17) is 4.74 Å². The molecular formula is C28H26N2O4. The van der Waals surface area contributed by atoms with Gasteiger partial charge < -0.3 is 20.1 Å². The van der Waals surface area contributed by atoms with E-state index in [1.807, 2.05) is 79.7 Å². The maximum atomic E-state index is 11.3. The van der Waals surface area contributed by atoms with Crippen molar-refractivity contribution in [1.82, 2.24) is 4.98 Å². The second-order valence-electron chi connectivity index (χ2n) is 8.09. The number of carboxylic acid groups (broad SMARTS) is 1. The minimum Gasteiger partial charge on any atom is -0.496 e. The monoisotopic (exact) mass is 454 g/mol. The van der Waals surface area contributed by atoms with Gasteiger partial charge in [0, 0.05) is 28.2 Å². The van der Waals surface area contributed by atoms with Gasteiger partial charge in [0.2, 0.25) is 5.91 Å². The van der Waals surface area contributed by atoms with Crippen LogP contribution in [0.3, 0.4) is 0 Å². The first-order chi connectivity index (χ1) is 16.4. The van der Waals surface area contributed by atoms with Crippen LogP contribution in [0, 0.1) is 13.8 Å². The van der Waals surface area contributed by atoms with E-state index in [0.717, 1.165) is 44.9 Å². The Kier molecular flexibility index (Phi) is 6.50. The van der Waals surface area contributed by atoms with Crippen molar-refractivity contribution < 1.29 is 19.4 Å². The van der Waals surface area contributed by atoms with Gasteiger partial charge in [0.25, 0.3) is 0 Å². The van der Waals surface area contributed by atoms with Crippen molar-refractivity contribution in [3.63, 3.8) is 0 Å². The third-order valence-corrected chi connectivity index (χ3v) is 5.80. The zero-order valence-electron chi connectivity index (χ0n) is 19.3. The number of rotatable bonds is 4. The molecule has 0 spiro atoms. The summed E-state index contributed by atoms with van der Waals surface area (Å²) in [6, 6.07) is 23.4. The van der Waals surface area contributed by atoms with Crippen LogP contribution in [0.4, 0.5) is 5.69 Å². The van der Waals surface area contributed by atoms with Crippen LogP contribution in [0.25, 0.3) is 22.3 Å². The largest absolute Gasteiger partial charge is 0.496 e. The van der Waals surface area contributed by atoms with Crippen molar-refractivity contribution >= 4 is 17.6 Å². The summed E-state index contributed by atoms with van der Waals surface area (Å²) < 4.78 is 5.35. The number of hydrogen-bond acceptors (Lipinski definition) is 3. The molecule has 1 aromatic heterocycles. The van der Waals surface area contributed by atoms with Crippen molar-refractivity contribution in [3.05, 3.63) is 95.3 Å². The molecule has 3 aromatic carbocycles. The Balaban J connectivity index is 0.000000162. The summed E-state index contributed by atoms with van der Waals surface area (Å²) in [4.78, 5) is 25.6. The number of methoxy groups -OCH3 is 1. The Morgan fingerprint density at radius 3 is 2.32 bits per heavy atom. The molecule has 34 heavy (non-hydrogen) atoms. The van der Waals surface area contributed by atoms with Gasteiger partial charge in [-0.1, -0.05) is 60.7 Å². The first-order valence-electron chi connectivity index (χ1n) is 10.9. The van der Waals surface area contributed by atoms with Crippen LogP contribution in [0.1, 0.15) is 27.3 Å². The van der Waals surface area contributed by atoms with Crippen molar-refractivity contribution in [2.45, 2.75) is 20.3 Å². The molecule has 4 aromatic rings. The highest BCUT2D eigenvalue weighted by Gasteiger charge is 2.20. The molecule has 1 aliphatic rings. The van der Waals surface area contributed by atoms with Gasteiger partial charge in [-0.15, -0.1) is 0 Å². The molecule has 172 valence electrons. The average molecular weight is 455 g/mol. The molecule has 5 rings (SSSR count). The first kappa shape index (κ1) is 22.9. The number of hydrogen-bond donors (Lipinski definition) is 3. The Bertz CT molecular complexity index is 1360. The summed E-state index contributed by atoms with van der Waals surface area (Å²) >= 11 is 0. The van der Waals surface area contributed by atoms with E-state index in [1.165, 1.54) is 0 Å². The minimum absolute atomic E-state index is 0.0576.